The number of rotatable bonds is 6. The van der Waals surface area contributed by atoms with E-state index in [-0.39, 0.29) is 30.5 Å². The average Bonchev–Trinajstić information content (AvgIpc) is 3.59. The summed E-state index contributed by atoms with van der Waals surface area (Å²) in [5.41, 5.74) is 8.77. The van der Waals surface area contributed by atoms with Crippen molar-refractivity contribution >= 4 is 28.5 Å². The Bertz CT molecular complexity index is 1440. The maximum absolute atomic E-state index is 12.7. The van der Waals surface area contributed by atoms with Gasteiger partial charge in [-0.2, -0.15) is 5.10 Å². The highest BCUT2D eigenvalue weighted by molar-refractivity contribution is 6.06. The third-order valence-corrected chi connectivity index (χ3v) is 6.54. The van der Waals surface area contributed by atoms with E-state index in [0.717, 1.165) is 56.7 Å². The van der Waals surface area contributed by atoms with Crippen LogP contribution in [0.15, 0.2) is 55.1 Å². The van der Waals surface area contributed by atoms with Crippen molar-refractivity contribution in [3.63, 3.8) is 0 Å². The smallest absolute Gasteiger partial charge is 0.287 e. The van der Waals surface area contributed by atoms with E-state index in [4.69, 9.17) is 13.3 Å². The van der Waals surface area contributed by atoms with Gasteiger partial charge in [-0.3, -0.25) is 9.59 Å². The number of carbonyl (C=O) groups excluding carboxylic acids is 2. The van der Waals surface area contributed by atoms with Gasteiger partial charge >= 0.3 is 0 Å². The first-order valence-corrected chi connectivity index (χ1v) is 11.7. The Hall–Kier alpha value is -4.07. The Morgan fingerprint density at radius 3 is 2.71 bits per heavy atom. The topological polar surface area (TPSA) is 110 Å². The molecule has 0 spiro atoms. The van der Waals surface area contributed by atoms with Crippen LogP contribution in [0.1, 0.15) is 62.7 Å². The Kier molecular flexibility index (Phi) is 6.03. The van der Waals surface area contributed by atoms with Crippen LogP contribution < -0.4 is 10.7 Å². The SMILES string of the molecule is Cc1ccc2c(CC(=O)N/N=C3\CCCc4oc(C(=O)NCc5ccco5)c(C)c43)coc2c1C. The summed E-state index contributed by atoms with van der Waals surface area (Å²) < 4.78 is 16.9. The van der Waals surface area contributed by atoms with Gasteiger partial charge in [-0.15, -0.1) is 0 Å². The van der Waals surface area contributed by atoms with Crippen molar-refractivity contribution in [2.75, 3.05) is 0 Å². The number of hydrogen-bond donors (Lipinski definition) is 2. The molecule has 2 amide bonds. The van der Waals surface area contributed by atoms with Crippen molar-refractivity contribution in [2.24, 2.45) is 5.10 Å². The van der Waals surface area contributed by atoms with Gasteiger partial charge in [0.05, 0.1) is 31.2 Å². The lowest BCUT2D eigenvalue weighted by molar-refractivity contribution is -0.120. The molecule has 0 saturated heterocycles. The number of carbonyl (C=O) groups is 2. The lowest BCUT2D eigenvalue weighted by atomic mass is 9.93. The van der Waals surface area contributed by atoms with Crippen LogP contribution in [-0.2, 0) is 24.2 Å². The fraction of sp³-hybridized carbons (Fsp3) is 0.296. The molecule has 3 aromatic heterocycles. The van der Waals surface area contributed by atoms with Gasteiger partial charge < -0.3 is 18.6 Å². The van der Waals surface area contributed by atoms with E-state index in [1.165, 1.54) is 0 Å². The molecule has 8 heteroatoms. The highest BCUT2D eigenvalue weighted by Gasteiger charge is 2.28. The molecule has 2 N–H and O–H groups in total. The molecular weight excluding hydrogens is 446 g/mol. The Labute approximate surface area is 202 Å². The molecule has 0 saturated carbocycles. The van der Waals surface area contributed by atoms with Crippen molar-refractivity contribution < 1.29 is 22.8 Å². The predicted molar refractivity (Wildman–Crippen MR) is 130 cm³/mol. The normalized spacial score (nSPS) is 14.3. The maximum atomic E-state index is 12.7. The van der Waals surface area contributed by atoms with Gasteiger partial charge in [-0.1, -0.05) is 12.1 Å². The third-order valence-electron chi connectivity index (χ3n) is 6.54. The first kappa shape index (κ1) is 22.7. The minimum absolute atomic E-state index is 0.157. The largest absolute Gasteiger partial charge is 0.467 e. The molecule has 0 atom stereocenters. The molecule has 35 heavy (non-hydrogen) atoms. The number of hydrazone groups is 1. The van der Waals surface area contributed by atoms with Gasteiger partial charge in [-0.25, -0.2) is 5.43 Å². The van der Waals surface area contributed by atoms with Crippen LogP contribution in [0.4, 0.5) is 0 Å². The second kappa shape index (κ2) is 9.29. The number of nitrogens with zero attached hydrogens (tertiary/aromatic N) is 1. The maximum Gasteiger partial charge on any atom is 0.287 e. The summed E-state index contributed by atoms with van der Waals surface area (Å²) in [4.78, 5) is 25.4. The number of hydrogen-bond acceptors (Lipinski definition) is 6. The van der Waals surface area contributed by atoms with Crippen LogP contribution in [0.3, 0.4) is 0 Å². The summed E-state index contributed by atoms with van der Waals surface area (Å²) in [6, 6.07) is 7.58. The molecule has 0 bridgehead atoms. The van der Waals surface area contributed by atoms with Gasteiger partial charge in [0.25, 0.3) is 5.91 Å². The van der Waals surface area contributed by atoms with Crippen LogP contribution in [-0.4, -0.2) is 17.5 Å². The zero-order valence-corrected chi connectivity index (χ0v) is 20.0. The molecule has 1 aliphatic carbocycles. The summed E-state index contributed by atoms with van der Waals surface area (Å²) in [6.07, 6.45) is 5.59. The van der Waals surface area contributed by atoms with Crippen LogP contribution in [0.25, 0.3) is 11.0 Å². The Morgan fingerprint density at radius 1 is 1.06 bits per heavy atom. The van der Waals surface area contributed by atoms with Crippen LogP contribution in [0.5, 0.6) is 0 Å². The van der Waals surface area contributed by atoms with Crippen LogP contribution in [0, 0.1) is 20.8 Å². The van der Waals surface area contributed by atoms with Crippen molar-refractivity contribution in [3.05, 3.63) is 81.9 Å². The number of furan rings is 3. The minimum atomic E-state index is -0.311. The summed E-state index contributed by atoms with van der Waals surface area (Å²) in [6.45, 7) is 6.16. The lowest BCUT2D eigenvalue weighted by Crippen LogP contribution is -2.24. The summed E-state index contributed by atoms with van der Waals surface area (Å²) in [5.74, 6) is 1.10. The highest BCUT2D eigenvalue weighted by atomic mass is 16.4. The van der Waals surface area contributed by atoms with Crippen molar-refractivity contribution in [1.29, 1.82) is 0 Å². The quantitative estimate of drug-likeness (QED) is 0.388. The first-order chi connectivity index (χ1) is 16.9. The van der Waals surface area contributed by atoms with Gasteiger partial charge in [0, 0.05) is 28.5 Å². The second-order valence-electron chi connectivity index (χ2n) is 8.89. The zero-order valence-electron chi connectivity index (χ0n) is 20.0. The van der Waals surface area contributed by atoms with E-state index in [0.29, 0.717) is 18.6 Å². The molecule has 0 unspecified atom stereocenters. The summed E-state index contributed by atoms with van der Waals surface area (Å²) >= 11 is 0. The summed E-state index contributed by atoms with van der Waals surface area (Å²) in [7, 11) is 0. The van der Waals surface area contributed by atoms with Gasteiger partial charge in [0.1, 0.15) is 17.1 Å². The zero-order chi connectivity index (χ0) is 24.5. The van der Waals surface area contributed by atoms with E-state index in [9.17, 15) is 9.59 Å². The molecule has 4 aromatic rings. The molecule has 180 valence electrons. The van der Waals surface area contributed by atoms with Crippen molar-refractivity contribution in [3.8, 4) is 0 Å². The second-order valence-corrected chi connectivity index (χ2v) is 8.89. The Balaban J connectivity index is 1.30. The molecule has 0 fully saturated rings. The Morgan fingerprint density at radius 2 is 1.91 bits per heavy atom. The van der Waals surface area contributed by atoms with Gasteiger partial charge in [-0.05, 0) is 56.9 Å². The molecule has 1 aromatic carbocycles. The molecule has 1 aliphatic rings. The van der Waals surface area contributed by atoms with Crippen molar-refractivity contribution in [1.82, 2.24) is 10.7 Å². The van der Waals surface area contributed by atoms with E-state index < -0.39 is 0 Å². The van der Waals surface area contributed by atoms with Crippen LogP contribution in [0.2, 0.25) is 0 Å². The van der Waals surface area contributed by atoms with Crippen LogP contribution >= 0.6 is 0 Å². The number of amides is 2. The fourth-order valence-corrected chi connectivity index (χ4v) is 4.53. The van der Waals surface area contributed by atoms with E-state index in [2.05, 4.69) is 15.8 Å². The summed E-state index contributed by atoms with van der Waals surface area (Å²) in [5, 5.41) is 8.17. The van der Waals surface area contributed by atoms with Gasteiger partial charge in [0.15, 0.2) is 5.76 Å². The van der Waals surface area contributed by atoms with E-state index in [1.54, 1.807) is 24.7 Å². The fourth-order valence-electron chi connectivity index (χ4n) is 4.53. The standard InChI is InChI=1S/C27H27N3O5/c1-15-9-10-20-18(14-34-25(20)16(15)2)12-23(31)30-29-21-7-4-8-22-24(21)17(3)26(35-22)27(32)28-13-19-6-5-11-33-19/h5-6,9-11,14H,4,7-8,12-13H2,1-3H3,(H,28,32)(H,30,31)/b29-21+. The first-order valence-electron chi connectivity index (χ1n) is 11.7. The van der Waals surface area contributed by atoms with E-state index in [1.807, 2.05) is 32.9 Å². The number of nitrogens with one attached hydrogen (secondary N) is 2. The minimum Gasteiger partial charge on any atom is -0.467 e. The number of benzene rings is 1. The molecular formula is C27H27N3O5. The molecule has 8 nitrogen and oxygen atoms in total. The number of aryl methyl sites for hydroxylation is 3. The lowest BCUT2D eigenvalue weighted by Gasteiger charge is -2.13. The predicted octanol–water partition coefficient (Wildman–Crippen LogP) is 4.87. The third kappa shape index (κ3) is 4.39. The van der Waals surface area contributed by atoms with E-state index >= 15 is 0 Å². The number of fused-ring (bicyclic) bond motifs is 2. The monoisotopic (exact) mass is 473 g/mol. The highest BCUT2D eigenvalue weighted by Crippen LogP contribution is 2.30. The molecule has 3 heterocycles. The molecule has 0 radical (unpaired) electrons. The molecule has 5 rings (SSSR count). The van der Waals surface area contributed by atoms with Gasteiger partial charge in [0.2, 0.25) is 5.91 Å². The molecule has 0 aliphatic heterocycles. The average molecular weight is 474 g/mol. The van der Waals surface area contributed by atoms with Crippen molar-refractivity contribution in [2.45, 2.75) is 53.0 Å².